The monoisotopic (exact) mass is 148 g/mol. The molecule has 11 heavy (non-hydrogen) atoms. The number of rotatable bonds is 2. The highest BCUT2D eigenvalue weighted by atomic mass is 15.1. The molecule has 1 heteroatoms. The normalized spacial score (nSPS) is 13.5. The Morgan fingerprint density at radius 3 is 2.64 bits per heavy atom. The third-order valence-corrected chi connectivity index (χ3v) is 1.99. The summed E-state index contributed by atoms with van der Waals surface area (Å²) in [5.74, 6) is 0. The summed E-state index contributed by atoms with van der Waals surface area (Å²) in [4.78, 5) is 2.18. The van der Waals surface area contributed by atoms with E-state index in [1.54, 1.807) is 0 Å². The molecule has 1 rings (SSSR count). The molecule has 1 unspecified atom stereocenters. The van der Waals surface area contributed by atoms with Crippen molar-refractivity contribution in [2.24, 2.45) is 0 Å². The smallest absolute Gasteiger partial charge is 0.0314 e. The maximum Gasteiger partial charge on any atom is 0.0314 e. The molecule has 1 atom stereocenters. The third kappa shape index (κ3) is 2.05. The highest BCUT2D eigenvalue weighted by Gasteiger charge is 2.05. The van der Waals surface area contributed by atoms with Gasteiger partial charge >= 0.3 is 0 Å². The van der Waals surface area contributed by atoms with Gasteiger partial charge in [-0.3, -0.25) is 0 Å². The van der Waals surface area contributed by atoms with Gasteiger partial charge in [-0.15, -0.1) is 0 Å². The lowest BCUT2D eigenvalue weighted by molar-refractivity contribution is 0.321. The number of hydrogen-bond donors (Lipinski definition) is 0. The molecular formula is C10H14N. The van der Waals surface area contributed by atoms with Crippen molar-refractivity contribution in [3.8, 4) is 0 Å². The van der Waals surface area contributed by atoms with Gasteiger partial charge in [0.1, 0.15) is 0 Å². The van der Waals surface area contributed by atoms with Gasteiger partial charge in [0.25, 0.3) is 0 Å². The molecule has 0 N–H and O–H groups in total. The summed E-state index contributed by atoms with van der Waals surface area (Å²) in [5.41, 5.74) is 1.32. The Bertz CT molecular complexity index is 203. The zero-order chi connectivity index (χ0) is 8.27. The number of nitrogens with zero attached hydrogens (tertiary/aromatic N) is 1. The predicted molar refractivity (Wildman–Crippen MR) is 47.4 cm³/mol. The maximum atomic E-state index is 3.07. The Balaban J connectivity index is 2.77. The lowest BCUT2D eigenvalue weighted by atomic mass is 10.1. The SMILES string of the molecule is CC(c1c[c]ccc1)N(C)C. The van der Waals surface area contributed by atoms with Gasteiger partial charge < -0.3 is 4.90 Å². The second-order valence-corrected chi connectivity index (χ2v) is 2.98. The minimum atomic E-state index is 0.479. The van der Waals surface area contributed by atoms with Crippen LogP contribution in [0.3, 0.4) is 0 Å². The van der Waals surface area contributed by atoms with Crippen LogP contribution in [0.25, 0.3) is 0 Å². The first-order valence-electron chi connectivity index (χ1n) is 3.84. The van der Waals surface area contributed by atoms with Crippen molar-refractivity contribution < 1.29 is 0 Å². The van der Waals surface area contributed by atoms with E-state index < -0.39 is 0 Å². The largest absolute Gasteiger partial charge is 0.303 e. The molecule has 0 bridgehead atoms. The Morgan fingerprint density at radius 2 is 2.18 bits per heavy atom. The molecule has 1 aromatic carbocycles. The summed E-state index contributed by atoms with van der Waals surface area (Å²) in [7, 11) is 4.16. The van der Waals surface area contributed by atoms with E-state index >= 15 is 0 Å². The lowest BCUT2D eigenvalue weighted by Gasteiger charge is -2.19. The summed E-state index contributed by atoms with van der Waals surface area (Å²) in [6.07, 6.45) is 0. The summed E-state index contributed by atoms with van der Waals surface area (Å²) < 4.78 is 0. The van der Waals surface area contributed by atoms with Crippen LogP contribution in [0.1, 0.15) is 18.5 Å². The number of benzene rings is 1. The van der Waals surface area contributed by atoms with Gasteiger partial charge in [-0.05, 0) is 38.7 Å². The van der Waals surface area contributed by atoms with Crippen molar-refractivity contribution in [1.82, 2.24) is 4.90 Å². The molecule has 0 aliphatic carbocycles. The molecule has 0 saturated carbocycles. The molecule has 0 aromatic heterocycles. The van der Waals surface area contributed by atoms with E-state index in [9.17, 15) is 0 Å². The molecular weight excluding hydrogens is 134 g/mol. The van der Waals surface area contributed by atoms with Gasteiger partial charge in [-0.2, -0.15) is 0 Å². The van der Waals surface area contributed by atoms with Gasteiger partial charge in [-0.25, -0.2) is 0 Å². The van der Waals surface area contributed by atoms with Crippen LogP contribution in [-0.4, -0.2) is 19.0 Å². The second-order valence-electron chi connectivity index (χ2n) is 2.98. The molecule has 1 nitrogen and oxygen atoms in total. The summed E-state index contributed by atoms with van der Waals surface area (Å²) >= 11 is 0. The van der Waals surface area contributed by atoms with E-state index in [-0.39, 0.29) is 0 Å². The van der Waals surface area contributed by atoms with Crippen molar-refractivity contribution >= 4 is 0 Å². The Kier molecular flexibility index (Phi) is 2.66. The van der Waals surface area contributed by atoms with E-state index in [4.69, 9.17) is 0 Å². The van der Waals surface area contributed by atoms with Crippen molar-refractivity contribution in [3.63, 3.8) is 0 Å². The molecule has 0 fully saturated rings. The first kappa shape index (κ1) is 8.28. The quantitative estimate of drug-likeness (QED) is 0.621. The topological polar surface area (TPSA) is 3.24 Å². The number of hydrogen-bond acceptors (Lipinski definition) is 1. The molecule has 0 saturated heterocycles. The predicted octanol–water partition coefficient (Wildman–Crippen LogP) is 2.11. The van der Waals surface area contributed by atoms with Crippen LogP contribution >= 0.6 is 0 Å². The molecule has 1 radical (unpaired) electrons. The van der Waals surface area contributed by atoms with Crippen molar-refractivity contribution in [2.45, 2.75) is 13.0 Å². The Labute approximate surface area is 68.7 Å². The van der Waals surface area contributed by atoms with E-state index in [2.05, 4.69) is 38.1 Å². The van der Waals surface area contributed by atoms with E-state index in [0.717, 1.165) is 0 Å². The summed E-state index contributed by atoms with van der Waals surface area (Å²) in [5, 5.41) is 0. The van der Waals surface area contributed by atoms with Crippen molar-refractivity contribution in [3.05, 3.63) is 35.9 Å². The molecule has 0 aliphatic heterocycles. The Hall–Kier alpha value is -0.820. The average molecular weight is 148 g/mol. The fourth-order valence-electron chi connectivity index (χ4n) is 0.965. The lowest BCUT2D eigenvalue weighted by Crippen LogP contribution is -2.16. The third-order valence-electron chi connectivity index (χ3n) is 1.99. The maximum absolute atomic E-state index is 3.07. The minimum absolute atomic E-state index is 0.479. The van der Waals surface area contributed by atoms with Gasteiger partial charge in [0.15, 0.2) is 0 Å². The zero-order valence-electron chi connectivity index (χ0n) is 7.33. The zero-order valence-corrected chi connectivity index (χ0v) is 7.33. The Morgan fingerprint density at radius 1 is 1.45 bits per heavy atom. The van der Waals surface area contributed by atoms with E-state index in [1.165, 1.54) is 5.56 Å². The van der Waals surface area contributed by atoms with Crippen LogP contribution < -0.4 is 0 Å². The highest BCUT2D eigenvalue weighted by molar-refractivity contribution is 5.16. The van der Waals surface area contributed by atoms with E-state index in [1.807, 2.05) is 18.2 Å². The van der Waals surface area contributed by atoms with Crippen LogP contribution in [0.15, 0.2) is 24.3 Å². The van der Waals surface area contributed by atoms with E-state index in [0.29, 0.717) is 6.04 Å². The van der Waals surface area contributed by atoms with Crippen LogP contribution in [0.2, 0.25) is 0 Å². The summed E-state index contributed by atoms with van der Waals surface area (Å²) in [6, 6.07) is 11.7. The first-order chi connectivity index (χ1) is 5.22. The highest BCUT2D eigenvalue weighted by Crippen LogP contribution is 2.15. The second kappa shape index (κ2) is 3.54. The molecule has 59 valence electrons. The first-order valence-corrected chi connectivity index (χ1v) is 3.84. The van der Waals surface area contributed by atoms with Gasteiger partial charge in [0, 0.05) is 6.04 Å². The van der Waals surface area contributed by atoms with Crippen LogP contribution in [0, 0.1) is 6.07 Å². The average Bonchev–Trinajstić information content (AvgIpc) is 2.05. The van der Waals surface area contributed by atoms with Crippen LogP contribution in [0.4, 0.5) is 0 Å². The molecule has 0 amide bonds. The fraction of sp³-hybridized carbons (Fsp3) is 0.400. The van der Waals surface area contributed by atoms with Gasteiger partial charge in [0.2, 0.25) is 0 Å². The standard InChI is InChI=1S/C10H14N/c1-9(11(2)3)10-7-5-4-6-8-10/h4-5,7-9H,1-3H3. The van der Waals surface area contributed by atoms with Crippen LogP contribution in [0.5, 0.6) is 0 Å². The van der Waals surface area contributed by atoms with Crippen molar-refractivity contribution in [1.29, 1.82) is 0 Å². The van der Waals surface area contributed by atoms with Gasteiger partial charge in [0.05, 0.1) is 0 Å². The van der Waals surface area contributed by atoms with Gasteiger partial charge in [-0.1, -0.05) is 18.2 Å². The van der Waals surface area contributed by atoms with Crippen LogP contribution in [-0.2, 0) is 0 Å². The molecule has 1 aromatic rings. The van der Waals surface area contributed by atoms with Crippen molar-refractivity contribution in [2.75, 3.05) is 14.1 Å². The molecule has 0 spiro atoms. The minimum Gasteiger partial charge on any atom is -0.303 e. The fourth-order valence-corrected chi connectivity index (χ4v) is 0.965. The summed E-state index contributed by atoms with van der Waals surface area (Å²) in [6.45, 7) is 2.18. The molecule has 0 heterocycles. The molecule has 0 aliphatic rings.